The van der Waals surface area contributed by atoms with Crippen LogP contribution >= 0.6 is 0 Å². The van der Waals surface area contributed by atoms with E-state index in [9.17, 15) is 18.0 Å². The predicted octanol–water partition coefficient (Wildman–Crippen LogP) is 3.87. The lowest BCUT2D eigenvalue weighted by Gasteiger charge is -2.11. The number of esters is 1. The summed E-state index contributed by atoms with van der Waals surface area (Å²) in [5.41, 5.74) is 3.18. The number of hydrogen-bond donors (Lipinski definition) is 2. The van der Waals surface area contributed by atoms with Crippen molar-refractivity contribution in [2.24, 2.45) is 0 Å². The molecule has 7 nitrogen and oxygen atoms in total. The second-order valence-electron chi connectivity index (χ2n) is 8.23. The summed E-state index contributed by atoms with van der Waals surface area (Å²) in [6.07, 6.45) is 1.66. The minimum atomic E-state index is -3.67. The van der Waals surface area contributed by atoms with Gasteiger partial charge >= 0.3 is 5.97 Å². The van der Waals surface area contributed by atoms with E-state index >= 15 is 0 Å². The zero-order chi connectivity index (χ0) is 25.0. The zero-order valence-electron chi connectivity index (χ0n) is 19.3. The minimum Gasteiger partial charge on any atom is -0.465 e. The van der Waals surface area contributed by atoms with Gasteiger partial charge in [-0.05, 0) is 73.9 Å². The molecular weight excluding hydrogens is 464 g/mol. The van der Waals surface area contributed by atoms with Gasteiger partial charge in [0.15, 0.2) is 0 Å². The quantitative estimate of drug-likeness (QED) is 0.405. The molecule has 4 rings (SSSR count). The number of methoxy groups -OCH3 is 1. The molecule has 1 amide bonds. The maximum Gasteiger partial charge on any atom is 0.337 e. The van der Waals surface area contributed by atoms with E-state index in [4.69, 9.17) is 4.74 Å². The molecule has 0 aromatic heterocycles. The number of sulfonamides is 1. The number of ether oxygens (including phenoxy) is 1. The van der Waals surface area contributed by atoms with Crippen molar-refractivity contribution in [2.75, 3.05) is 12.4 Å². The number of hydrogen-bond acceptors (Lipinski definition) is 5. The van der Waals surface area contributed by atoms with Crippen molar-refractivity contribution in [2.45, 2.75) is 30.7 Å². The summed E-state index contributed by atoms with van der Waals surface area (Å²) >= 11 is 0. The van der Waals surface area contributed by atoms with Crippen LogP contribution in [0.4, 0.5) is 5.69 Å². The Kier molecular flexibility index (Phi) is 7.01. The highest BCUT2D eigenvalue weighted by molar-refractivity contribution is 7.89. The predicted molar refractivity (Wildman–Crippen MR) is 133 cm³/mol. The fraction of sp³-hybridized carbons (Fsp3) is 0.185. The van der Waals surface area contributed by atoms with E-state index in [-0.39, 0.29) is 16.5 Å². The van der Waals surface area contributed by atoms with E-state index in [2.05, 4.69) is 21.9 Å². The van der Waals surface area contributed by atoms with Gasteiger partial charge in [-0.25, -0.2) is 17.9 Å². The molecule has 0 aliphatic heterocycles. The highest BCUT2D eigenvalue weighted by Crippen LogP contribution is 2.24. The standard InChI is InChI=1S/C27H24N2O5S/c1-18-9-14-24(35(32,33)29-22-12-13-22)17-25(18)26(30)28-23-8-4-6-20(16-23)11-10-19-5-3-7-21(15-19)27(31)34-2/h3-9,14-17,22,29H,12-13H2,1-2H3,(H,28,30). The fourth-order valence-electron chi connectivity index (χ4n) is 3.36. The number of carbonyl (C=O) groups is 2. The van der Waals surface area contributed by atoms with Gasteiger partial charge in [0.25, 0.3) is 5.91 Å². The summed E-state index contributed by atoms with van der Waals surface area (Å²) in [7, 11) is -2.35. The van der Waals surface area contributed by atoms with Gasteiger partial charge in [0.05, 0.1) is 17.6 Å². The number of benzene rings is 3. The molecule has 0 atom stereocenters. The van der Waals surface area contributed by atoms with Crippen molar-refractivity contribution in [3.63, 3.8) is 0 Å². The van der Waals surface area contributed by atoms with Gasteiger partial charge in [-0.2, -0.15) is 0 Å². The van der Waals surface area contributed by atoms with Crippen molar-refractivity contribution in [3.8, 4) is 11.8 Å². The van der Waals surface area contributed by atoms with Crippen LogP contribution in [-0.4, -0.2) is 33.4 Å². The SMILES string of the molecule is COC(=O)c1cccc(C#Cc2cccc(NC(=O)c3cc(S(=O)(=O)NC4CC4)ccc3C)c2)c1. The van der Waals surface area contributed by atoms with Crippen molar-refractivity contribution < 1.29 is 22.7 Å². The van der Waals surface area contributed by atoms with Gasteiger partial charge in [0.1, 0.15) is 0 Å². The second kappa shape index (κ2) is 10.1. The number of nitrogens with one attached hydrogen (secondary N) is 2. The van der Waals surface area contributed by atoms with Crippen molar-refractivity contribution in [3.05, 3.63) is 94.5 Å². The van der Waals surface area contributed by atoms with Gasteiger partial charge in [-0.3, -0.25) is 4.79 Å². The lowest BCUT2D eigenvalue weighted by atomic mass is 10.1. The molecule has 178 valence electrons. The van der Waals surface area contributed by atoms with Crippen molar-refractivity contribution >= 4 is 27.6 Å². The maximum atomic E-state index is 13.0. The minimum absolute atomic E-state index is 0.0228. The van der Waals surface area contributed by atoms with Crippen LogP contribution in [0, 0.1) is 18.8 Å². The smallest absolute Gasteiger partial charge is 0.337 e. The summed E-state index contributed by atoms with van der Waals surface area (Å²) in [5.74, 6) is 5.17. The van der Waals surface area contributed by atoms with Crippen LogP contribution in [0.2, 0.25) is 0 Å². The summed E-state index contributed by atoms with van der Waals surface area (Å²) in [6, 6.07) is 18.3. The second-order valence-corrected chi connectivity index (χ2v) is 9.94. The van der Waals surface area contributed by atoms with Crippen LogP contribution in [0.25, 0.3) is 0 Å². The molecule has 2 N–H and O–H groups in total. The van der Waals surface area contributed by atoms with Gasteiger partial charge < -0.3 is 10.1 Å². The summed E-state index contributed by atoms with van der Waals surface area (Å²) < 4.78 is 32.5. The first-order valence-electron chi connectivity index (χ1n) is 11.0. The third kappa shape index (κ3) is 6.15. The normalized spacial score (nSPS) is 12.9. The molecule has 8 heteroatoms. The Labute approximate surface area is 204 Å². The van der Waals surface area contributed by atoms with E-state index in [0.29, 0.717) is 27.9 Å². The molecule has 35 heavy (non-hydrogen) atoms. The lowest BCUT2D eigenvalue weighted by molar-refractivity contribution is 0.0600. The van der Waals surface area contributed by atoms with Gasteiger partial charge in [-0.1, -0.05) is 30.0 Å². The van der Waals surface area contributed by atoms with Gasteiger partial charge in [0, 0.05) is 28.4 Å². The summed E-state index contributed by atoms with van der Waals surface area (Å²) in [6.45, 7) is 1.75. The first-order chi connectivity index (χ1) is 16.7. The Morgan fingerprint density at radius 1 is 0.943 bits per heavy atom. The van der Waals surface area contributed by atoms with Gasteiger partial charge in [-0.15, -0.1) is 0 Å². The molecule has 0 bridgehead atoms. The number of aryl methyl sites for hydroxylation is 1. The van der Waals surface area contributed by atoms with Crippen molar-refractivity contribution in [1.29, 1.82) is 0 Å². The Balaban J connectivity index is 1.52. The van der Waals surface area contributed by atoms with E-state index in [1.54, 1.807) is 61.5 Å². The molecule has 3 aromatic rings. The molecule has 1 aliphatic rings. The Morgan fingerprint density at radius 2 is 1.63 bits per heavy atom. The molecule has 1 saturated carbocycles. The first-order valence-corrected chi connectivity index (χ1v) is 12.5. The Morgan fingerprint density at radius 3 is 2.31 bits per heavy atom. The molecule has 0 heterocycles. The van der Waals surface area contributed by atoms with E-state index in [1.165, 1.54) is 19.2 Å². The topological polar surface area (TPSA) is 102 Å². The van der Waals surface area contributed by atoms with E-state index in [1.807, 2.05) is 0 Å². The monoisotopic (exact) mass is 488 g/mol. The first kappa shape index (κ1) is 24.2. The zero-order valence-corrected chi connectivity index (χ0v) is 20.1. The highest BCUT2D eigenvalue weighted by atomic mass is 32.2. The number of carbonyl (C=O) groups excluding carboxylic acids is 2. The Bertz CT molecular complexity index is 1460. The number of anilines is 1. The van der Waals surface area contributed by atoms with Crippen LogP contribution < -0.4 is 10.0 Å². The van der Waals surface area contributed by atoms with Gasteiger partial charge in [0.2, 0.25) is 10.0 Å². The highest BCUT2D eigenvalue weighted by Gasteiger charge is 2.28. The molecule has 0 unspecified atom stereocenters. The average molecular weight is 489 g/mol. The lowest BCUT2D eigenvalue weighted by Crippen LogP contribution is -2.26. The number of amides is 1. The molecule has 0 radical (unpaired) electrons. The molecular formula is C27H24N2O5S. The van der Waals surface area contributed by atoms with Crippen LogP contribution in [0.15, 0.2) is 71.6 Å². The van der Waals surface area contributed by atoms with Crippen LogP contribution in [-0.2, 0) is 14.8 Å². The third-order valence-corrected chi connectivity index (χ3v) is 6.94. The molecule has 0 saturated heterocycles. The average Bonchev–Trinajstić information content (AvgIpc) is 3.66. The molecule has 3 aromatic carbocycles. The molecule has 1 fully saturated rings. The van der Waals surface area contributed by atoms with Crippen LogP contribution in [0.5, 0.6) is 0 Å². The summed E-state index contributed by atoms with van der Waals surface area (Å²) in [5, 5.41) is 2.82. The maximum absolute atomic E-state index is 13.0. The third-order valence-electron chi connectivity index (χ3n) is 5.42. The van der Waals surface area contributed by atoms with Crippen LogP contribution in [0.1, 0.15) is 50.2 Å². The fourth-order valence-corrected chi connectivity index (χ4v) is 4.69. The van der Waals surface area contributed by atoms with E-state index in [0.717, 1.165) is 12.8 Å². The largest absolute Gasteiger partial charge is 0.465 e. The summed E-state index contributed by atoms with van der Waals surface area (Å²) in [4.78, 5) is 24.7. The molecule has 1 aliphatic carbocycles. The van der Waals surface area contributed by atoms with Crippen LogP contribution in [0.3, 0.4) is 0 Å². The van der Waals surface area contributed by atoms with E-state index < -0.39 is 21.9 Å². The Hall–Kier alpha value is -3.93. The van der Waals surface area contributed by atoms with Crippen molar-refractivity contribution in [1.82, 2.24) is 4.72 Å². The number of rotatable bonds is 6. The molecule has 0 spiro atoms.